The highest BCUT2D eigenvalue weighted by molar-refractivity contribution is 5.93. The lowest BCUT2D eigenvalue weighted by atomic mass is 10.0. The third-order valence-electron chi connectivity index (χ3n) is 4.27. The molecule has 0 aliphatic carbocycles. The molecule has 8 N–H and O–H groups in total. The molecule has 1 heterocycles. The molecule has 11 nitrogen and oxygen atoms in total. The molecule has 2 aromatic rings. The number of amides is 3. The molecule has 2 rings (SSSR count). The molecule has 0 aliphatic heterocycles. The van der Waals surface area contributed by atoms with Gasteiger partial charge in [-0.1, -0.05) is 30.3 Å². The van der Waals surface area contributed by atoms with Crippen LogP contribution >= 0.6 is 0 Å². The van der Waals surface area contributed by atoms with Crippen LogP contribution in [0.25, 0.3) is 0 Å². The molecule has 1 aromatic carbocycles. The molecule has 0 aliphatic rings. The van der Waals surface area contributed by atoms with Crippen molar-refractivity contribution in [2.45, 2.75) is 37.4 Å². The summed E-state index contributed by atoms with van der Waals surface area (Å²) in [5.41, 5.74) is 12.3. The first-order valence-electron chi connectivity index (χ1n) is 9.15. The van der Waals surface area contributed by atoms with Gasteiger partial charge in [0.05, 0.1) is 18.8 Å². The van der Waals surface area contributed by atoms with Gasteiger partial charge in [0, 0.05) is 24.7 Å². The number of carbonyl (C=O) groups excluding carboxylic acids is 3. The number of aromatic amines is 1. The highest BCUT2D eigenvalue weighted by atomic mass is 16.4. The predicted molar refractivity (Wildman–Crippen MR) is 106 cm³/mol. The van der Waals surface area contributed by atoms with Crippen LogP contribution in [0.2, 0.25) is 0 Å². The number of nitrogens with one attached hydrogen (secondary N) is 3. The molecule has 0 radical (unpaired) electrons. The first-order valence-corrected chi connectivity index (χ1v) is 9.15. The fourth-order valence-electron chi connectivity index (χ4n) is 2.74. The van der Waals surface area contributed by atoms with Gasteiger partial charge in [0.1, 0.15) is 12.1 Å². The minimum atomic E-state index is -1.51. The van der Waals surface area contributed by atoms with Gasteiger partial charge in [0.15, 0.2) is 0 Å². The van der Waals surface area contributed by atoms with E-state index in [1.165, 1.54) is 12.5 Å². The lowest BCUT2D eigenvalue weighted by Gasteiger charge is -2.22. The van der Waals surface area contributed by atoms with Crippen LogP contribution in [0.1, 0.15) is 17.7 Å². The monoisotopic (exact) mass is 416 g/mol. The zero-order valence-corrected chi connectivity index (χ0v) is 16.1. The maximum atomic E-state index is 12.7. The Hall–Kier alpha value is -3.73. The van der Waals surface area contributed by atoms with E-state index in [2.05, 4.69) is 20.6 Å². The molecule has 30 heavy (non-hydrogen) atoms. The van der Waals surface area contributed by atoms with Crippen LogP contribution in [0.15, 0.2) is 42.9 Å². The van der Waals surface area contributed by atoms with Crippen molar-refractivity contribution >= 4 is 23.7 Å². The van der Waals surface area contributed by atoms with E-state index in [9.17, 15) is 24.3 Å². The number of carboxylic acids is 1. The number of imidazole rings is 1. The Kier molecular flexibility index (Phi) is 8.06. The molecular formula is C19H24N6O5. The third kappa shape index (κ3) is 7.02. The zero-order chi connectivity index (χ0) is 22.1. The van der Waals surface area contributed by atoms with Crippen LogP contribution in [-0.2, 0) is 32.0 Å². The minimum Gasteiger partial charge on any atom is -0.480 e. The van der Waals surface area contributed by atoms with E-state index in [4.69, 9.17) is 11.5 Å². The number of H-pyrrole nitrogens is 1. The number of primary amides is 1. The summed E-state index contributed by atoms with van der Waals surface area (Å²) < 4.78 is 0. The number of nitrogens with zero attached hydrogens (tertiary/aromatic N) is 1. The molecule has 0 unspecified atom stereocenters. The van der Waals surface area contributed by atoms with E-state index in [0.29, 0.717) is 5.69 Å². The topological polar surface area (TPSA) is 193 Å². The maximum absolute atomic E-state index is 12.7. The summed E-state index contributed by atoms with van der Waals surface area (Å²) in [6, 6.07) is 5.27. The Labute approximate surface area is 172 Å². The first kappa shape index (κ1) is 22.6. The molecule has 0 saturated carbocycles. The zero-order valence-electron chi connectivity index (χ0n) is 16.1. The van der Waals surface area contributed by atoms with Crippen LogP contribution in [0.3, 0.4) is 0 Å². The van der Waals surface area contributed by atoms with Crippen molar-refractivity contribution in [2.75, 3.05) is 0 Å². The third-order valence-corrected chi connectivity index (χ3v) is 4.27. The highest BCUT2D eigenvalue weighted by Gasteiger charge is 2.29. The largest absolute Gasteiger partial charge is 0.480 e. The Morgan fingerprint density at radius 1 is 1.03 bits per heavy atom. The molecule has 0 bridgehead atoms. The number of rotatable bonds is 11. The smallest absolute Gasteiger partial charge is 0.326 e. The van der Waals surface area contributed by atoms with Crippen molar-refractivity contribution in [1.82, 2.24) is 20.6 Å². The number of nitrogens with two attached hydrogens (primary N) is 2. The number of hydrogen-bond acceptors (Lipinski definition) is 6. The first-order chi connectivity index (χ1) is 14.3. The van der Waals surface area contributed by atoms with E-state index in [0.717, 1.165) is 5.56 Å². The van der Waals surface area contributed by atoms with E-state index in [-0.39, 0.29) is 12.8 Å². The van der Waals surface area contributed by atoms with Crippen LogP contribution in [-0.4, -0.2) is 56.9 Å². The summed E-state index contributed by atoms with van der Waals surface area (Å²) >= 11 is 0. The van der Waals surface area contributed by atoms with E-state index >= 15 is 0 Å². The Balaban J connectivity index is 2.12. The van der Waals surface area contributed by atoms with Crippen molar-refractivity contribution < 1.29 is 24.3 Å². The van der Waals surface area contributed by atoms with Gasteiger partial charge in [0.25, 0.3) is 0 Å². The number of aliphatic carboxylic acids is 1. The second-order valence-electron chi connectivity index (χ2n) is 6.71. The van der Waals surface area contributed by atoms with Crippen molar-refractivity contribution in [3.8, 4) is 0 Å². The fourth-order valence-corrected chi connectivity index (χ4v) is 2.74. The highest BCUT2D eigenvalue weighted by Crippen LogP contribution is 2.06. The van der Waals surface area contributed by atoms with Crippen LogP contribution in [0, 0.1) is 0 Å². The predicted octanol–water partition coefficient (Wildman–Crippen LogP) is -1.55. The van der Waals surface area contributed by atoms with Gasteiger partial charge < -0.3 is 32.2 Å². The number of hydrogen-bond donors (Lipinski definition) is 6. The van der Waals surface area contributed by atoms with Crippen molar-refractivity contribution in [3.63, 3.8) is 0 Å². The Morgan fingerprint density at radius 3 is 2.27 bits per heavy atom. The van der Waals surface area contributed by atoms with Crippen LogP contribution in [0.5, 0.6) is 0 Å². The molecule has 0 fully saturated rings. The van der Waals surface area contributed by atoms with Gasteiger partial charge in [-0.25, -0.2) is 9.78 Å². The normalized spacial score (nSPS) is 13.6. The average Bonchev–Trinajstić information content (AvgIpc) is 3.20. The summed E-state index contributed by atoms with van der Waals surface area (Å²) in [5.74, 6) is -3.66. The minimum absolute atomic E-state index is 0.0953. The van der Waals surface area contributed by atoms with Crippen LogP contribution in [0.4, 0.5) is 0 Å². The number of carbonyl (C=O) groups is 4. The van der Waals surface area contributed by atoms with Gasteiger partial charge in [0.2, 0.25) is 17.7 Å². The van der Waals surface area contributed by atoms with Crippen molar-refractivity contribution in [1.29, 1.82) is 0 Å². The Bertz CT molecular complexity index is 871. The molecule has 0 saturated heterocycles. The Morgan fingerprint density at radius 2 is 1.70 bits per heavy atom. The van der Waals surface area contributed by atoms with Gasteiger partial charge in [-0.15, -0.1) is 0 Å². The summed E-state index contributed by atoms with van der Waals surface area (Å²) in [4.78, 5) is 54.3. The fraction of sp³-hybridized carbons (Fsp3) is 0.316. The summed E-state index contributed by atoms with van der Waals surface area (Å²) in [5, 5.41) is 14.0. The molecule has 1 aromatic heterocycles. The van der Waals surface area contributed by atoms with Crippen molar-refractivity contribution in [2.24, 2.45) is 11.5 Å². The number of carboxylic acid groups (broad SMARTS) is 1. The van der Waals surface area contributed by atoms with Gasteiger partial charge in [-0.05, 0) is 5.56 Å². The molecule has 3 atom stereocenters. The molecular weight excluding hydrogens is 392 g/mol. The summed E-state index contributed by atoms with van der Waals surface area (Å²) in [7, 11) is 0. The quantitative estimate of drug-likeness (QED) is 0.255. The van der Waals surface area contributed by atoms with Crippen LogP contribution < -0.4 is 22.1 Å². The van der Waals surface area contributed by atoms with E-state index < -0.39 is 48.2 Å². The summed E-state index contributed by atoms with van der Waals surface area (Å²) in [6.07, 6.45) is 2.68. The molecule has 0 spiro atoms. The lowest BCUT2D eigenvalue weighted by Crippen LogP contribution is -2.56. The van der Waals surface area contributed by atoms with Gasteiger partial charge >= 0.3 is 5.97 Å². The molecule has 11 heteroatoms. The van der Waals surface area contributed by atoms with Crippen molar-refractivity contribution in [3.05, 3.63) is 54.1 Å². The molecule has 160 valence electrons. The lowest BCUT2D eigenvalue weighted by molar-refractivity contribution is -0.143. The SMILES string of the molecule is NC(=O)C[C@H](NC(=O)[C@H](Cc1ccccc1)NC(=O)[C@@H](N)Cc1cnc[nH]1)C(=O)O. The standard InChI is InChI=1S/C19H24N6O5/c20-13(7-12-9-22-10-23-12)17(27)24-14(6-11-4-2-1-3-5-11)18(28)25-15(19(29)30)8-16(21)26/h1-5,9-10,13-15H,6-8,20H2,(H2,21,26)(H,22,23)(H,24,27)(H,25,28)(H,29,30)/t13-,14-,15-/m0/s1. The number of aromatic nitrogens is 2. The van der Waals surface area contributed by atoms with E-state index in [1.807, 2.05) is 0 Å². The average molecular weight is 416 g/mol. The van der Waals surface area contributed by atoms with E-state index in [1.54, 1.807) is 30.3 Å². The van der Waals surface area contributed by atoms with Gasteiger partial charge in [-0.3, -0.25) is 14.4 Å². The van der Waals surface area contributed by atoms with Gasteiger partial charge in [-0.2, -0.15) is 0 Å². The molecule has 3 amide bonds. The second kappa shape index (κ2) is 10.7. The second-order valence-corrected chi connectivity index (χ2v) is 6.71. The maximum Gasteiger partial charge on any atom is 0.326 e. The number of benzene rings is 1. The summed E-state index contributed by atoms with van der Waals surface area (Å²) in [6.45, 7) is 0.